The molecular formula is C20H18Cl2N4O. The number of aromatic nitrogens is 2. The predicted molar refractivity (Wildman–Crippen MR) is 108 cm³/mol. The summed E-state index contributed by atoms with van der Waals surface area (Å²) in [4.78, 5) is 12.6. The van der Waals surface area contributed by atoms with Crippen molar-refractivity contribution in [1.82, 2.24) is 9.78 Å². The van der Waals surface area contributed by atoms with Gasteiger partial charge in [-0.05, 0) is 60.7 Å². The van der Waals surface area contributed by atoms with E-state index in [4.69, 9.17) is 28.9 Å². The minimum absolute atomic E-state index is 0.214. The van der Waals surface area contributed by atoms with Gasteiger partial charge in [-0.1, -0.05) is 29.3 Å². The molecule has 0 bridgehead atoms. The first kappa shape index (κ1) is 18.0. The molecule has 5 nitrogen and oxygen atoms in total. The van der Waals surface area contributed by atoms with Crippen molar-refractivity contribution in [3.63, 3.8) is 0 Å². The number of carbonyl (C=O) groups excluding carboxylic acids is 1. The van der Waals surface area contributed by atoms with Gasteiger partial charge in [-0.2, -0.15) is 5.10 Å². The molecular weight excluding hydrogens is 383 g/mol. The Morgan fingerprint density at radius 3 is 2.81 bits per heavy atom. The number of nitrogens with zero attached hydrogens (tertiary/aromatic N) is 2. The van der Waals surface area contributed by atoms with Crippen LogP contribution in [0.3, 0.4) is 0 Å². The summed E-state index contributed by atoms with van der Waals surface area (Å²) in [7, 11) is 0. The standard InChI is InChI=1S/C20H18Cl2N4O/c21-18-6-5-17(9-19(18)22)26-11-14(10-24-26)20(27)25-16-4-2-12-7-15(23)3-1-13(12)8-16/h2,4-6,8-11,15H,1,3,7,23H2,(H,25,27)/t15-/m0/s1. The summed E-state index contributed by atoms with van der Waals surface area (Å²) in [5.74, 6) is -0.214. The van der Waals surface area contributed by atoms with Crippen LogP contribution < -0.4 is 11.1 Å². The smallest absolute Gasteiger partial charge is 0.258 e. The molecule has 0 fully saturated rings. The second-order valence-corrected chi connectivity index (χ2v) is 7.53. The highest BCUT2D eigenvalue weighted by atomic mass is 35.5. The van der Waals surface area contributed by atoms with Crippen molar-refractivity contribution in [3.05, 3.63) is 75.5 Å². The summed E-state index contributed by atoms with van der Waals surface area (Å²) >= 11 is 12.0. The normalized spacial score (nSPS) is 16.0. The fraction of sp³-hybridized carbons (Fsp3) is 0.200. The van der Waals surface area contributed by atoms with Gasteiger partial charge >= 0.3 is 0 Å². The quantitative estimate of drug-likeness (QED) is 0.689. The maximum atomic E-state index is 12.6. The molecule has 0 saturated heterocycles. The fourth-order valence-corrected chi connectivity index (χ4v) is 3.57. The van der Waals surface area contributed by atoms with Crippen LogP contribution in [0.25, 0.3) is 5.69 Å². The zero-order valence-electron chi connectivity index (χ0n) is 14.5. The molecule has 4 rings (SSSR count). The van der Waals surface area contributed by atoms with Crippen molar-refractivity contribution in [1.29, 1.82) is 0 Å². The molecule has 2 aromatic carbocycles. The van der Waals surface area contributed by atoms with Crippen LogP contribution in [0.1, 0.15) is 27.9 Å². The largest absolute Gasteiger partial charge is 0.327 e. The van der Waals surface area contributed by atoms with Crippen molar-refractivity contribution in [2.45, 2.75) is 25.3 Å². The molecule has 0 aliphatic heterocycles. The Bertz CT molecular complexity index is 1010. The third-order valence-corrected chi connectivity index (χ3v) is 5.48. The Balaban J connectivity index is 1.51. The molecule has 1 amide bonds. The molecule has 1 atom stereocenters. The first-order chi connectivity index (χ1) is 13.0. The molecule has 3 aromatic rings. The SMILES string of the molecule is N[C@H]1CCc2cc(NC(=O)c3cnn(-c4ccc(Cl)c(Cl)c4)c3)ccc2C1. The topological polar surface area (TPSA) is 72.9 Å². The third-order valence-electron chi connectivity index (χ3n) is 4.74. The van der Waals surface area contributed by atoms with E-state index in [1.807, 2.05) is 18.2 Å². The monoisotopic (exact) mass is 400 g/mol. The van der Waals surface area contributed by atoms with Gasteiger partial charge in [0.25, 0.3) is 5.91 Å². The van der Waals surface area contributed by atoms with Crippen LogP contribution in [0.15, 0.2) is 48.8 Å². The van der Waals surface area contributed by atoms with E-state index in [9.17, 15) is 4.79 Å². The second kappa shape index (κ2) is 7.35. The Kier molecular flexibility index (Phi) is 4.91. The van der Waals surface area contributed by atoms with Crippen LogP contribution in [0.2, 0.25) is 10.0 Å². The van der Waals surface area contributed by atoms with Gasteiger partial charge in [0.15, 0.2) is 0 Å². The number of nitrogens with two attached hydrogens (primary N) is 1. The third kappa shape index (κ3) is 3.86. The first-order valence-corrected chi connectivity index (χ1v) is 9.44. The number of anilines is 1. The first-order valence-electron chi connectivity index (χ1n) is 8.68. The van der Waals surface area contributed by atoms with Crippen LogP contribution in [-0.4, -0.2) is 21.7 Å². The fourth-order valence-electron chi connectivity index (χ4n) is 3.27. The van der Waals surface area contributed by atoms with E-state index < -0.39 is 0 Å². The Morgan fingerprint density at radius 1 is 1.15 bits per heavy atom. The summed E-state index contributed by atoms with van der Waals surface area (Å²) < 4.78 is 1.59. The number of rotatable bonds is 3. The highest BCUT2D eigenvalue weighted by Gasteiger charge is 2.17. The maximum absolute atomic E-state index is 12.6. The van der Waals surface area contributed by atoms with Gasteiger partial charge in [0.2, 0.25) is 0 Å². The minimum atomic E-state index is -0.214. The number of aryl methyl sites for hydroxylation is 1. The van der Waals surface area contributed by atoms with E-state index in [-0.39, 0.29) is 11.9 Å². The lowest BCUT2D eigenvalue weighted by atomic mass is 9.88. The Morgan fingerprint density at radius 2 is 2.00 bits per heavy atom. The number of amides is 1. The van der Waals surface area contributed by atoms with Crippen LogP contribution in [-0.2, 0) is 12.8 Å². The number of fused-ring (bicyclic) bond motifs is 1. The summed E-state index contributed by atoms with van der Waals surface area (Å²) in [5, 5.41) is 8.08. The van der Waals surface area contributed by atoms with Crippen molar-refractivity contribution in [2.24, 2.45) is 5.73 Å². The molecule has 27 heavy (non-hydrogen) atoms. The minimum Gasteiger partial charge on any atom is -0.327 e. The lowest BCUT2D eigenvalue weighted by Gasteiger charge is -2.22. The van der Waals surface area contributed by atoms with Gasteiger partial charge in [-0.25, -0.2) is 4.68 Å². The van der Waals surface area contributed by atoms with Gasteiger partial charge in [0, 0.05) is 17.9 Å². The number of nitrogens with one attached hydrogen (secondary N) is 1. The molecule has 1 aliphatic carbocycles. The molecule has 1 aromatic heterocycles. The lowest BCUT2D eigenvalue weighted by Crippen LogP contribution is -2.27. The number of benzene rings is 2. The van der Waals surface area contributed by atoms with Crippen molar-refractivity contribution >= 4 is 34.8 Å². The molecule has 1 heterocycles. The molecule has 138 valence electrons. The average Bonchev–Trinajstić information content (AvgIpc) is 3.14. The highest BCUT2D eigenvalue weighted by molar-refractivity contribution is 6.42. The molecule has 0 spiro atoms. The Hall–Kier alpha value is -2.34. The van der Waals surface area contributed by atoms with E-state index in [0.29, 0.717) is 15.6 Å². The van der Waals surface area contributed by atoms with Gasteiger partial charge < -0.3 is 11.1 Å². The van der Waals surface area contributed by atoms with E-state index in [1.165, 1.54) is 17.3 Å². The summed E-state index contributed by atoms with van der Waals surface area (Å²) in [6, 6.07) is 11.4. The lowest BCUT2D eigenvalue weighted by molar-refractivity contribution is 0.102. The van der Waals surface area contributed by atoms with Gasteiger partial charge in [0.05, 0.1) is 27.5 Å². The number of hydrogen-bond acceptors (Lipinski definition) is 3. The number of halogens is 2. The molecule has 0 radical (unpaired) electrons. The van der Waals surface area contributed by atoms with Gasteiger partial charge in [-0.15, -0.1) is 0 Å². The van der Waals surface area contributed by atoms with Crippen molar-refractivity contribution in [3.8, 4) is 5.69 Å². The van der Waals surface area contributed by atoms with Crippen LogP contribution in [0, 0.1) is 0 Å². The Labute approximate surface area is 167 Å². The van der Waals surface area contributed by atoms with Crippen LogP contribution >= 0.6 is 23.2 Å². The second-order valence-electron chi connectivity index (χ2n) is 6.71. The highest BCUT2D eigenvalue weighted by Crippen LogP contribution is 2.25. The zero-order valence-corrected chi connectivity index (χ0v) is 16.0. The number of carbonyl (C=O) groups is 1. The van der Waals surface area contributed by atoms with Crippen LogP contribution in [0.5, 0.6) is 0 Å². The summed E-state index contributed by atoms with van der Waals surface area (Å²) in [6.07, 6.45) is 5.98. The van der Waals surface area contributed by atoms with E-state index in [2.05, 4.69) is 10.4 Å². The van der Waals surface area contributed by atoms with E-state index in [0.717, 1.165) is 30.6 Å². The molecule has 0 unspecified atom stereocenters. The predicted octanol–water partition coefficient (Wildman–Crippen LogP) is 4.25. The van der Waals surface area contributed by atoms with Crippen molar-refractivity contribution < 1.29 is 4.79 Å². The number of hydrogen-bond donors (Lipinski definition) is 2. The van der Waals surface area contributed by atoms with Gasteiger partial charge in [0.1, 0.15) is 0 Å². The van der Waals surface area contributed by atoms with E-state index >= 15 is 0 Å². The molecule has 0 saturated carbocycles. The summed E-state index contributed by atoms with van der Waals surface area (Å²) in [5.41, 5.74) is 10.5. The maximum Gasteiger partial charge on any atom is 0.258 e. The molecule has 1 aliphatic rings. The molecule has 7 heteroatoms. The van der Waals surface area contributed by atoms with Crippen LogP contribution in [0.4, 0.5) is 5.69 Å². The van der Waals surface area contributed by atoms with Crippen molar-refractivity contribution in [2.75, 3.05) is 5.32 Å². The summed E-state index contributed by atoms with van der Waals surface area (Å²) in [6.45, 7) is 0. The van der Waals surface area contributed by atoms with Gasteiger partial charge in [-0.3, -0.25) is 4.79 Å². The molecule has 3 N–H and O–H groups in total. The average molecular weight is 401 g/mol. The zero-order chi connectivity index (χ0) is 19.0. The van der Waals surface area contributed by atoms with E-state index in [1.54, 1.807) is 29.1 Å².